The van der Waals surface area contributed by atoms with Gasteiger partial charge in [-0.25, -0.2) is 14.2 Å². The molecule has 35 heavy (non-hydrogen) atoms. The highest BCUT2D eigenvalue weighted by atomic mass is 32.2. The largest absolute Gasteiger partial charge is 0.463 e. The third-order valence-corrected chi connectivity index (χ3v) is 6.25. The maximum atomic E-state index is 13.2. The van der Waals surface area contributed by atoms with Crippen LogP contribution >= 0.6 is 11.8 Å². The molecule has 11 heteroatoms. The number of amides is 1. The van der Waals surface area contributed by atoms with Crippen LogP contribution in [0.4, 0.5) is 15.8 Å². The smallest absolute Gasteiger partial charge is 0.338 e. The average Bonchev–Trinajstić information content (AvgIpc) is 3.21. The van der Waals surface area contributed by atoms with Crippen molar-refractivity contribution in [1.29, 1.82) is 0 Å². The zero-order valence-electron chi connectivity index (χ0n) is 18.9. The zero-order valence-corrected chi connectivity index (χ0v) is 19.7. The van der Waals surface area contributed by atoms with Gasteiger partial charge in [-0.3, -0.25) is 14.9 Å². The Hall–Kier alpha value is -3.99. The summed E-state index contributed by atoms with van der Waals surface area (Å²) in [7, 11) is 0. The van der Waals surface area contributed by atoms with Crippen LogP contribution in [-0.2, 0) is 14.3 Å². The summed E-state index contributed by atoms with van der Waals surface area (Å²) < 4.78 is 18.5. The lowest BCUT2D eigenvalue weighted by atomic mass is 9.93. The molecule has 1 amide bonds. The molecule has 1 atom stereocenters. The summed E-state index contributed by atoms with van der Waals surface area (Å²) in [5, 5.41) is 16.4. The van der Waals surface area contributed by atoms with Crippen LogP contribution in [0.5, 0.6) is 0 Å². The van der Waals surface area contributed by atoms with Crippen molar-refractivity contribution in [3.8, 4) is 0 Å². The first-order valence-corrected chi connectivity index (χ1v) is 11.6. The number of carbonyl (C=O) groups excluding carboxylic acids is 2. The highest BCUT2D eigenvalue weighted by molar-refractivity contribution is 8.16. The van der Waals surface area contributed by atoms with Gasteiger partial charge < -0.3 is 15.0 Å². The molecule has 0 spiro atoms. The number of rotatable bonds is 7. The zero-order chi connectivity index (χ0) is 25.1. The predicted octanol–water partition coefficient (Wildman–Crippen LogP) is 4.90. The first-order chi connectivity index (χ1) is 16.8. The molecule has 0 radical (unpaired) electrons. The molecule has 180 valence electrons. The molecule has 0 aromatic heterocycles. The van der Waals surface area contributed by atoms with Crippen LogP contribution < -0.4 is 5.32 Å². The molecule has 2 heterocycles. The molecule has 2 aliphatic heterocycles. The van der Waals surface area contributed by atoms with Crippen molar-refractivity contribution in [1.82, 2.24) is 4.90 Å². The summed E-state index contributed by atoms with van der Waals surface area (Å²) in [6.45, 7) is 3.51. The van der Waals surface area contributed by atoms with Crippen molar-refractivity contribution >= 4 is 40.2 Å². The van der Waals surface area contributed by atoms with E-state index >= 15 is 0 Å². The number of nitrogens with one attached hydrogen (secondary N) is 1. The molecule has 9 nitrogen and oxygen atoms in total. The number of thioether (sulfide) groups is 1. The van der Waals surface area contributed by atoms with E-state index in [1.165, 1.54) is 48.2 Å². The van der Waals surface area contributed by atoms with E-state index in [0.717, 1.165) is 0 Å². The van der Waals surface area contributed by atoms with E-state index in [1.54, 1.807) is 36.3 Å². The number of anilines is 1. The van der Waals surface area contributed by atoms with Crippen LogP contribution in [0.1, 0.15) is 31.9 Å². The predicted molar refractivity (Wildman–Crippen MR) is 130 cm³/mol. The summed E-state index contributed by atoms with van der Waals surface area (Å²) in [4.78, 5) is 42.9. The molecule has 2 aromatic rings. The molecule has 1 unspecified atom stereocenters. The summed E-state index contributed by atoms with van der Waals surface area (Å²) in [5.74, 6) is -1.36. The number of hydrogen-bond donors (Lipinski definition) is 1. The van der Waals surface area contributed by atoms with Crippen molar-refractivity contribution in [3.05, 3.63) is 92.4 Å². The Morgan fingerprint density at radius 2 is 2.00 bits per heavy atom. The number of nitrogens with zero attached hydrogens (tertiary/aromatic N) is 3. The van der Waals surface area contributed by atoms with Gasteiger partial charge in [-0.2, -0.15) is 0 Å². The molecular weight excluding hydrogens is 475 g/mol. The minimum Gasteiger partial charge on any atom is -0.463 e. The molecule has 2 aliphatic rings. The van der Waals surface area contributed by atoms with Crippen LogP contribution in [0.3, 0.4) is 0 Å². The van der Waals surface area contributed by atoms with Gasteiger partial charge >= 0.3 is 5.97 Å². The number of halogens is 1. The quantitative estimate of drug-likeness (QED) is 0.329. The fourth-order valence-electron chi connectivity index (χ4n) is 3.87. The van der Waals surface area contributed by atoms with Gasteiger partial charge in [0.25, 0.3) is 5.69 Å². The van der Waals surface area contributed by atoms with Gasteiger partial charge in [0.15, 0.2) is 5.17 Å². The van der Waals surface area contributed by atoms with Gasteiger partial charge in [-0.15, -0.1) is 0 Å². The van der Waals surface area contributed by atoms with Crippen LogP contribution in [0, 0.1) is 15.9 Å². The highest BCUT2D eigenvalue weighted by Gasteiger charge is 2.41. The van der Waals surface area contributed by atoms with E-state index in [4.69, 9.17) is 4.74 Å². The van der Waals surface area contributed by atoms with E-state index in [1.807, 2.05) is 0 Å². The first-order valence-electron chi connectivity index (χ1n) is 10.7. The number of fused-ring (bicyclic) bond motifs is 1. The molecule has 1 N–H and O–H groups in total. The van der Waals surface area contributed by atoms with Crippen molar-refractivity contribution in [2.45, 2.75) is 26.3 Å². The van der Waals surface area contributed by atoms with E-state index < -0.39 is 22.8 Å². The summed E-state index contributed by atoms with van der Waals surface area (Å²) in [6.07, 6.45) is -0.0655. The molecule has 0 bridgehead atoms. The van der Waals surface area contributed by atoms with E-state index in [-0.39, 0.29) is 30.2 Å². The summed E-state index contributed by atoms with van der Waals surface area (Å²) in [6, 6.07) is 10.6. The normalized spacial score (nSPS) is 16.9. The minimum atomic E-state index is -0.777. The number of nitro benzene ring substituents is 1. The van der Waals surface area contributed by atoms with Crippen LogP contribution in [0.15, 0.2) is 75.9 Å². The molecule has 0 saturated carbocycles. The number of ether oxygens (including phenoxy) is 1. The fourth-order valence-corrected chi connectivity index (χ4v) is 4.83. The lowest BCUT2D eigenvalue weighted by Gasteiger charge is -2.36. The monoisotopic (exact) mass is 496 g/mol. The summed E-state index contributed by atoms with van der Waals surface area (Å²) in [5.41, 5.74) is 2.03. The number of allylic oxidation sites excluding steroid dienone is 1. The van der Waals surface area contributed by atoms with Gasteiger partial charge in [0.05, 0.1) is 35.3 Å². The number of aliphatic imine (C=N–C) groups is 1. The molecule has 0 fully saturated rings. The van der Waals surface area contributed by atoms with Gasteiger partial charge in [0, 0.05) is 23.5 Å². The molecule has 0 saturated heterocycles. The number of carbonyl (C=O) groups is 2. The first kappa shape index (κ1) is 24.1. The molecular formula is C24H21FN4O5S. The second-order valence-corrected chi connectivity index (χ2v) is 8.53. The number of non-ortho nitro benzene ring substituents is 1. The fraction of sp³-hybridized carbons (Fsp3) is 0.208. The van der Waals surface area contributed by atoms with Crippen LogP contribution in [-0.4, -0.2) is 33.5 Å². The molecule has 4 rings (SSSR count). The highest BCUT2D eigenvalue weighted by Crippen LogP contribution is 2.45. The third-order valence-electron chi connectivity index (χ3n) is 5.36. The maximum Gasteiger partial charge on any atom is 0.338 e. The Morgan fingerprint density at radius 3 is 2.69 bits per heavy atom. The van der Waals surface area contributed by atoms with Crippen LogP contribution in [0.2, 0.25) is 0 Å². The second-order valence-electron chi connectivity index (χ2n) is 7.70. The van der Waals surface area contributed by atoms with Crippen LogP contribution in [0.25, 0.3) is 0 Å². The number of esters is 1. The van der Waals surface area contributed by atoms with Gasteiger partial charge in [0.1, 0.15) is 5.82 Å². The van der Waals surface area contributed by atoms with Gasteiger partial charge in [-0.05, 0) is 49.1 Å². The summed E-state index contributed by atoms with van der Waals surface area (Å²) >= 11 is 1.29. The lowest BCUT2D eigenvalue weighted by Crippen LogP contribution is -2.37. The number of hydrogen-bond acceptors (Lipinski definition) is 8. The minimum absolute atomic E-state index is 0.0655. The molecule has 2 aromatic carbocycles. The SMILES string of the molecule is CCOC(=O)C1=C(C)N=C2SC=C(CC(=O)Nc3ccc(F)cc3)N2C1c1cccc([N+](=O)[O-])c1. The number of benzene rings is 2. The number of nitro groups is 1. The van der Waals surface area contributed by atoms with E-state index in [0.29, 0.717) is 27.8 Å². The third kappa shape index (κ3) is 5.09. The van der Waals surface area contributed by atoms with E-state index in [9.17, 15) is 24.1 Å². The van der Waals surface area contributed by atoms with Gasteiger partial charge in [-0.1, -0.05) is 23.9 Å². The topological polar surface area (TPSA) is 114 Å². The van der Waals surface area contributed by atoms with Gasteiger partial charge in [0.2, 0.25) is 5.91 Å². The molecule has 0 aliphatic carbocycles. The van der Waals surface area contributed by atoms with Crippen molar-refractivity contribution in [3.63, 3.8) is 0 Å². The Kier molecular flexibility index (Phi) is 6.97. The van der Waals surface area contributed by atoms with E-state index in [2.05, 4.69) is 10.3 Å². The Labute approximate surface area is 204 Å². The maximum absolute atomic E-state index is 13.2. The lowest BCUT2D eigenvalue weighted by molar-refractivity contribution is -0.384. The van der Waals surface area contributed by atoms with Crippen molar-refractivity contribution in [2.75, 3.05) is 11.9 Å². The Balaban J connectivity index is 1.69. The second kappa shape index (κ2) is 10.1. The van der Waals surface area contributed by atoms with Crippen molar-refractivity contribution in [2.24, 2.45) is 4.99 Å². The Morgan fingerprint density at radius 1 is 1.26 bits per heavy atom. The number of amidine groups is 1. The standard InChI is InChI=1S/C24H21FN4O5S/c1-3-34-23(31)21-14(2)26-24-28(22(21)15-5-4-6-18(11-15)29(32)33)19(13-35-24)12-20(30)27-17-9-7-16(25)8-10-17/h4-11,13,22H,3,12H2,1-2H3,(H,27,30). The van der Waals surface area contributed by atoms with Crippen molar-refractivity contribution < 1.29 is 23.6 Å². The Bertz CT molecular complexity index is 1290. The average molecular weight is 497 g/mol.